The van der Waals surface area contributed by atoms with Crippen LogP contribution >= 0.6 is 0 Å². The molecule has 1 N–H and O–H groups in total. The molecule has 0 aliphatic carbocycles. The maximum Gasteiger partial charge on any atom is 0.347 e. The number of carbonyl (C=O) groups is 3. The summed E-state index contributed by atoms with van der Waals surface area (Å²) in [5.41, 5.74) is -0.255. The minimum atomic E-state index is -0.781. The number of esters is 3. The molecule has 25 heavy (non-hydrogen) atoms. The molecule has 0 unspecified atom stereocenters. The van der Waals surface area contributed by atoms with Crippen LogP contribution in [-0.2, 0) is 35.1 Å². The van der Waals surface area contributed by atoms with Crippen LogP contribution in [0.3, 0.4) is 0 Å². The van der Waals surface area contributed by atoms with Crippen molar-refractivity contribution in [3.63, 3.8) is 0 Å². The van der Waals surface area contributed by atoms with Gasteiger partial charge in [-0.3, -0.25) is 4.79 Å². The second kappa shape index (κ2) is 10.1. The summed E-state index contributed by atoms with van der Waals surface area (Å²) in [6.07, 6.45) is 2.75. The van der Waals surface area contributed by atoms with E-state index in [4.69, 9.17) is 14.2 Å². The van der Waals surface area contributed by atoms with Crippen LogP contribution in [0, 0.1) is 6.92 Å². The molecule has 0 saturated carbocycles. The molecular weight excluding hydrogens is 330 g/mol. The fraction of sp³-hybridized carbons (Fsp3) is 0.500. The first-order valence-corrected chi connectivity index (χ1v) is 7.87. The number of aromatic nitrogens is 2. The Labute approximate surface area is 145 Å². The summed E-state index contributed by atoms with van der Waals surface area (Å²) in [6.45, 7) is 7.20. The van der Waals surface area contributed by atoms with Crippen molar-refractivity contribution < 1.29 is 28.6 Å². The second-order valence-corrected chi connectivity index (χ2v) is 4.83. The van der Waals surface area contributed by atoms with Gasteiger partial charge in [-0.15, -0.1) is 0 Å². The van der Waals surface area contributed by atoms with Crippen LogP contribution in [0.25, 0.3) is 0 Å². The Morgan fingerprint density at radius 2 is 1.76 bits per heavy atom. The summed E-state index contributed by atoms with van der Waals surface area (Å²) in [6, 6.07) is 0. The first-order valence-electron chi connectivity index (χ1n) is 7.87. The van der Waals surface area contributed by atoms with Crippen LogP contribution in [0.2, 0.25) is 0 Å². The molecule has 138 valence electrons. The quantitative estimate of drug-likeness (QED) is 0.232. The van der Waals surface area contributed by atoms with Gasteiger partial charge in [0.2, 0.25) is 0 Å². The molecule has 0 aliphatic heterocycles. The summed E-state index contributed by atoms with van der Waals surface area (Å²) in [5.74, 6) is -0.737. The van der Waals surface area contributed by atoms with Gasteiger partial charge in [-0.25, -0.2) is 14.6 Å². The largest absolute Gasteiger partial charge is 0.464 e. The van der Waals surface area contributed by atoms with Crippen LogP contribution in [0.5, 0.6) is 0 Å². The van der Waals surface area contributed by atoms with Crippen LogP contribution in [0.4, 0.5) is 5.82 Å². The lowest BCUT2D eigenvalue weighted by atomic mass is 10.3. The van der Waals surface area contributed by atoms with Crippen LogP contribution < -0.4 is 5.32 Å². The summed E-state index contributed by atoms with van der Waals surface area (Å²) < 4.78 is 16.4. The molecule has 1 aromatic heterocycles. The zero-order valence-corrected chi connectivity index (χ0v) is 14.8. The van der Waals surface area contributed by atoms with Gasteiger partial charge in [-0.05, 0) is 20.8 Å². The second-order valence-electron chi connectivity index (χ2n) is 4.83. The average molecular weight is 353 g/mol. The van der Waals surface area contributed by atoms with E-state index in [2.05, 4.69) is 10.3 Å². The molecule has 1 aromatic rings. The minimum absolute atomic E-state index is 0.134. The summed E-state index contributed by atoms with van der Waals surface area (Å²) in [7, 11) is 0. The van der Waals surface area contributed by atoms with Gasteiger partial charge in [0.1, 0.15) is 18.2 Å². The predicted molar refractivity (Wildman–Crippen MR) is 88.6 cm³/mol. The Balaban J connectivity index is 2.93. The number of imidazole rings is 1. The van der Waals surface area contributed by atoms with E-state index in [1.165, 1.54) is 19.3 Å². The lowest BCUT2D eigenvalue weighted by Gasteiger charge is -2.11. The Kier molecular flexibility index (Phi) is 8.17. The zero-order chi connectivity index (χ0) is 18.8. The SMILES string of the molecule is CCOC(=O)C(=CNc1cnc(C)n1CCOC(C)=O)C(=O)OCC. The van der Waals surface area contributed by atoms with Gasteiger partial charge in [0.05, 0.1) is 26.0 Å². The van der Waals surface area contributed by atoms with Crippen molar-refractivity contribution in [2.45, 2.75) is 34.2 Å². The first kappa shape index (κ1) is 20.2. The Morgan fingerprint density at radius 1 is 1.16 bits per heavy atom. The molecular formula is C16H23N3O6. The Morgan fingerprint density at radius 3 is 2.28 bits per heavy atom. The third-order valence-corrected chi connectivity index (χ3v) is 3.03. The van der Waals surface area contributed by atoms with Crippen molar-refractivity contribution >= 4 is 23.7 Å². The van der Waals surface area contributed by atoms with Crippen LogP contribution in [0.15, 0.2) is 18.0 Å². The molecule has 0 aliphatic rings. The number of anilines is 1. The molecule has 1 heterocycles. The first-order chi connectivity index (χ1) is 11.9. The maximum atomic E-state index is 11.9. The van der Waals surface area contributed by atoms with Gasteiger partial charge in [-0.2, -0.15) is 0 Å². The van der Waals surface area contributed by atoms with E-state index in [-0.39, 0.29) is 31.4 Å². The number of ether oxygens (including phenoxy) is 3. The third kappa shape index (κ3) is 6.28. The topological polar surface area (TPSA) is 109 Å². The summed E-state index contributed by atoms with van der Waals surface area (Å²) >= 11 is 0. The molecule has 0 aromatic carbocycles. The minimum Gasteiger partial charge on any atom is -0.464 e. The summed E-state index contributed by atoms with van der Waals surface area (Å²) in [4.78, 5) is 38.8. The lowest BCUT2D eigenvalue weighted by molar-refractivity contribution is -0.146. The van der Waals surface area contributed by atoms with E-state index in [0.717, 1.165) is 0 Å². The molecule has 9 nitrogen and oxygen atoms in total. The molecule has 0 radical (unpaired) electrons. The van der Waals surface area contributed by atoms with Gasteiger partial charge in [0.15, 0.2) is 5.57 Å². The highest BCUT2D eigenvalue weighted by atomic mass is 16.6. The van der Waals surface area contributed by atoms with Crippen molar-refractivity contribution in [1.29, 1.82) is 0 Å². The molecule has 0 fully saturated rings. The van der Waals surface area contributed by atoms with E-state index < -0.39 is 11.9 Å². The van der Waals surface area contributed by atoms with Crippen LogP contribution in [0.1, 0.15) is 26.6 Å². The van der Waals surface area contributed by atoms with Crippen molar-refractivity contribution in [2.24, 2.45) is 0 Å². The monoisotopic (exact) mass is 353 g/mol. The van der Waals surface area contributed by atoms with Gasteiger partial charge in [0.25, 0.3) is 0 Å². The fourth-order valence-corrected chi connectivity index (χ4v) is 1.91. The number of rotatable bonds is 9. The predicted octanol–water partition coefficient (Wildman–Crippen LogP) is 1.18. The van der Waals surface area contributed by atoms with E-state index in [1.54, 1.807) is 25.3 Å². The van der Waals surface area contributed by atoms with Gasteiger partial charge in [-0.1, -0.05) is 0 Å². The maximum absolute atomic E-state index is 11.9. The number of nitrogens with zero attached hydrogens (tertiary/aromatic N) is 2. The molecule has 0 bridgehead atoms. The molecule has 9 heteroatoms. The number of carbonyl (C=O) groups excluding carboxylic acids is 3. The molecule has 0 saturated heterocycles. The van der Waals surface area contributed by atoms with Gasteiger partial charge >= 0.3 is 17.9 Å². The van der Waals surface area contributed by atoms with E-state index >= 15 is 0 Å². The number of nitrogens with one attached hydrogen (secondary N) is 1. The summed E-state index contributed by atoms with van der Waals surface area (Å²) in [5, 5.41) is 2.85. The Hall–Kier alpha value is -2.84. The third-order valence-electron chi connectivity index (χ3n) is 3.03. The highest BCUT2D eigenvalue weighted by molar-refractivity contribution is 6.14. The number of hydrogen-bond donors (Lipinski definition) is 1. The van der Waals surface area contributed by atoms with Crippen molar-refractivity contribution in [3.05, 3.63) is 23.8 Å². The lowest BCUT2D eigenvalue weighted by Crippen LogP contribution is -2.20. The smallest absolute Gasteiger partial charge is 0.347 e. The Bertz CT molecular complexity index is 630. The van der Waals surface area contributed by atoms with Gasteiger partial charge < -0.3 is 24.1 Å². The van der Waals surface area contributed by atoms with Crippen molar-refractivity contribution in [2.75, 3.05) is 25.1 Å². The van der Waals surface area contributed by atoms with E-state index in [9.17, 15) is 14.4 Å². The zero-order valence-electron chi connectivity index (χ0n) is 14.8. The number of hydrogen-bond acceptors (Lipinski definition) is 8. The average Bonchev–Trinajstić information content (AvgIpc) is 2.88. The van der Waals surface area contributed by atoms with E-state index in [1.807, 2.05) is 0 Å². The fourth-order valence-electron chi connectivity index (χ4n) is 1.91. The van der Waals surface area contributed by atoms with Crippen molar-refractivity contribution in [3.8, 4) is 0 Å². The molecule has 0 atom stereocenters. The normalized spacial score (nSPS) is 9.92. The highest BCUT2D eigenvalue weighted by Crippen LogP contribution is 2.12. The number of aryl methyl sites for hydroxylation is 1. The molecule has 0 amide bonds. The molecule has 1 rings (SSSR count). The standard InChI is InChI=1S/C16H23N3O6/c1-5-23-15(21)13(16(22)24-6-2)9-18-14-10-17-11(3)19(14)7-8-25-12(4)20/h9-10,18H,5-8H2,1-4H3. The van der Waals surface area contributed by atoms with Crippen LogP contribution in [-0.4, -0.2) is 47.3 Å². The highest BCUT2D eigenvalue weighted by Gasteiger charge is 2.21. The van der Waals surface area contributed by atoms with Crippen molar-refractivity contribution in [1.82, 2.24) is 9.55 Å². The van der Waals surface area contributed by atoms with Gasteiger partial charge in [0, 0.05) is 13.1 Å². The molecule has 0 spiro atoms. The van der Waals surface area contributed by atoms with E-state index in [0.29, 0.717) is 18.2 Å².